The summed E-state index contributed by atoms with van der Waals surface area (Å²) in [5.41, 5.74) is 7.33. The Morgan fingerprint density at radius 2 is 2.24 bits per heavy atom. The summed E-state index contributed by atoms with van der Waals surface area (Å²) < 4.78 is 6.67. The Morgan fingerprint density at radius 1 is 1.48 bits per heavy atom. The molecule has 7 heteroatoms. The molecule has 1 aromatic carbocycles. The Kier molecular flexibility index (Phi) is 5.02. The van der Waals surface area contributed by atoms with Gasteiger partial charge in [-0.1, -0.05) is 24.4 Å². The molecule has 21 heavy (non-hydrogen) atoms. The number of carbonyl (C=O) groups is 1. The third kappa shape index (κ3) is 4.11. The highest BCUT2D eigenvalue weighted by molar-refractivity contribution is 7.80. The second-order valence-corrected chi connectivity index (χ2v) is 4.82. The molecule has 0 aliphatic heterocycles. The molecular formula is C14H16N4O2S. The van der Waals surface area contributed by atoms with Crippen LogP contribution >= 0.6 is 12.2 Å². The molecule has 6 nitrogen and oxygen atoms in total. The summed E-state index contributed by atoms with van der Waals surface area (Å²) in [7, 11) is 1.63. The number of nitrogens with zero attached hydrogens (tertiary/aromatic N) is 2. The van der Waals surface area contributed by atoms with Gasteiger partial charge in [0, 0.05) is 24.4 Å². The lowest BCUT2D eigenvalue weighted by Gasteiger charge is -2.04. The maximum Gasteiger partial charge on any atom is 0.255 e. The molecular weight excluding hydrogens is 288 g/mol. The summed E-state index contributed by atoms with van der Waals surface area (Å²) in [6, 6.07) is 6.87. The smallest absolute Gasteiger partial charge is 0.255 e. The molecule has 0 unspecified atom stereocenters. The van der Waals surface area contributed by atoms with E-state index in [2.05, 4.69) is 10.4 Å². The first kappa shape index (κ1) is 15.1. The number of nitrogens with one attached hydrogen (secondary N) is 1. The molecule has 0 spiro atoms. The molecule has 2 rings (SSSR count). The van der Waals surface area contributed by atoms with Crippen molar-refractivity contribution in [3.63, 3.8) is 0 Å². The topological polar surface area (TPSA) is 82.2 Å². The highest BCUT2D eigenvalue weighted by Gasteiger charge is 2.09. The Hall–Kier alpha value is -2.25. The van der Waals surface area contributed by atoms with E-state index in [9.17, 15) is 4.79 Å². The molecule has 0 aliphatic rings. The van der Waals surface area contributed by atoms with Crippen molar-refractivity contribution in [2.45, 2.75) is 6.54 Å². The number of benzene rings is 1. The molecule has 0 radical (unpaired) electrons. The van der Waals surface area contributed by atoms with E-state index >= 15 is 0 Å². The number of hydrogen-bond donors (Lipinski definition) is 2. The molecule has 1 heterocycles. The van der Waals surface area contributed by atoms with Crippen LogP contribution in [0, 0.1) is 0 Å². The summed E-state index contributed by atoms with van der Waals surface area (Å²) in [6.45, 7) is 1.19. The van der Waals surface area contributed by atoms with Gasteiger partial charge in [0.2, 0.25) is 0 Å². The van der Waals surface area contributed by atoms with E-state index in [0.29, 0.717) is 30.0 Å². The maximum absolute atomic E-state index is 12.2. The highest BCUT2D eigenvalue weighted by Crippen LogP contribution is 2.10. The molecule has 0 fully saturated rings. The van der Waals surface area contributed by atoms with E-state index in [-0.39, 0.29) is 10.9 Å². The van der Waals surface area contributed by atoms with Crippen LogP contribution < -0.4 is 11.1 Å². The average Bonchev–Trinajstić information content (AvgIpc) is 2.92. The Balaban J connectivity index is 2.05. The van der Waals surface area contributed by atoms with E-state index in [4.69, 9.17) is 22.7 Å². The monoisotopic (exact) mass is 304 g/mol. The van der Waals surface area contributed by atoms with Crippen LogP contribution in [0.1, 0.15) is 15.9 Å². The lowest BCUT2D eigenvalue weighted by molar-refractivity contribution is 0.102. The summed E-state index contributed by atoms with van der Waals surface area (Å²) in [6.07, 6.45) is 3.33. The average molecular weight is 304 g/mol. The van der Waals surface area contributed by atoms with E-state index in [1.165, 1.54) is 0 Å². The van der Waals surface area contributed by atoms with Crippen molar-refractivity contribution < 1.29 is 9.53 Å². The zero-order chi connectivity index (χ0) is 15.2. The van der Waals surface area contributed by atoms with Crippen LogP contribution in [-0.2, 0) is 11.3 Å². The fourth-order valence-corrected chi connectivity index (χ4v) is 1.88. The SMILES string of the molecule is COCCn1cc(NC(=O)c2cccc(C(N)=S)c2)cn1. The fraction of sp³-hybridized carbons (Fsp3) is 0.214. The van der Waals surface area contributed by atoms with Gasteiger partial charge in [-0.3, -0.25) is 9.48 Å². The molecule has 110 valence electrons. The van der Waals surface area contributed by atoms with Crippen molar-refractivity contribution in [2.75, 3.05) is 19.0 Å². The largest absolute Gasteiger partial charge is 0.389 e. The zero-order valence-corrected chi connectivity index (χ0v) is 12.4. The number of ether oxygens (including phenoxy) is 1. The van der Waals surface area contributed by atoms with E-state index in [0.717, 1.165) is 0 Å². The first-order valence-electron chi connectivity index (χ1n) is 6.33. The van der Waals surface area contributed by atoms with Gasteiger partial charge >= 0.3 is 0 Å². The van der Waals surface area contributed by atoms with Gasteiger partial charge in [-0.15, -0.1) is 0 Å². The Morgan fingerprint density at radius 3 is 2.95 bits per heavy atom. The molecule has 0 atom stereocenters. The first-order valence-corrected chi connectivity index (χ1v) is 6.73. The summed E-state index contributed by atoms with van der Waals surface area (Å²) in [4.78, 5) is 12.4. The van der Waals surface area contributed by atoms with Crippen LogP contribution in [0.15, 0.2) is 36.7 Å². The fourth-order valence-electron chi connectivity index (χ4n) is 1.75. The van der Waals surface area contributed by atoms with Gasteiger partial charge in [0.05, 0.1) is 25.0 Å². The Labute approximate surface area is 127 Å². The number of nitrogens with two attached hydrogens (primary N) is 1. The number of amides is 1. The van der Waals surface area contributed by atoms with Crippen molar-refractivity contribution >= 4 is 28.8 Å². The summed E-state index contributed by atoms with van der Waals surface area (Å²) in [5.74, 6) is -0.237. The standard InChI is InChI=1S/C14H16N4O2S/c1-20-6-5-18-9-12(8-16-18)17-14(19)11-4-2-3-10(7-11)13(15)21/h2-4,7-9H,5-6H2,1H3,(H2,15,21)(H,17,19). The van der Waals surface area contributed by atoms with E-state index in [1.54, 1.807) is 48.5 Å². The van der Waals surface area contributed by atoms with Gasteiger partial charge in [0.1, 0.15) is 4.99 Å². The quantitative estimate of drug-likeness (QED) is 0.789. The summed E-state index contributed by atoms with van der Waals surface area (Å²) in [5, 5.41) is 6.90. The molecule has 0 bridgehead atoms. The second kappa shape index (κ2) is 6.96. The van der Waals surface area contributed by atoms with E-state index < -0.39 is 0 Å². The number of hydrogen-bond acceptors (Lipinski definition) is 4. The predicted octanol–water partition coefficient (Wildman–Crippen LogP) is 1.42. The molecule has 0 saturated carbocycles. The van der Waals surface area contributed by atoms with Crippen molar-refractivity contribution in [1.82, 2.24) is 9.78 Å². The van der Waals surface area contributed by atoms with Gasteiger partial charge in [-0.2, -0.15) is 5.10 Å². The van der Waals surface area contributed by atoms with Gasteiger partial charge in [0.15, 0.2) is 0 Å². The lowest BCUT2D eigenvalue weighted by atomic mass is 10.1. The number of anilines is 1. The number of rotatable bonds is 6. The molecule has 0 saturated heterocycles. The van der Waals surface area contributed by atoms with Crippen LogP contribution in [0.25, 0.3) is 0 Å². The predicted molar refractivity (Wildman–Crippen MR) is 84.4 cm³/mol. The first-order chi connectivity index (χ1) is 10.1. The van der Waals surface area contributed by atoms with Gasteiger partial charge in [-0.25, -0.2) is 0 Å². The van der Waals surface area contributed by atoms with Crippen molar-refractivity contribution in [1.29, 1.82) is 0 Å². The lowest BCUT2D eigenvalue weighted by Crippen LogP contribution is -2.14. The van der Waals surface area contributed by atoms with Gasteiger partial charge in [-0.05, 0) is 12.1 Å². The van der Waals surface area contributed by atoms with Crippen LogP contribution in [0.5, 0.6) is 0 Å². The van der Waals surface area contributed by atoms with Crippen molar-refractivity contribution in [2.24, 2.45) is 5.73 Å². The van der Waals surface area contributed by atoms with Crippen molar-refractivity contribution in [3.05, 3.63) is 47.8 Å². The minimum atomic E-state index is -0.237. The molecule has 2 aromatic rings. The minimum absolute atomic E-state index is 0.237. The van der Waals surface area contributed by atoms with Crippen LogP contribution in [0.4, 0.5) is 5.69 Å². The normalized spacial score (nSPS) is 10.3. The minimum Gasteiger partial charge on any atom is -0.389 e. The number of carbonyl (C=O) groups excluding carboxylic acids is 1. The third-order valence-electron chi connectivity index (χ3n) is 2.82. The van der Waals surface area contributed by atoms with Gasteiger partial charge < -0.3 is 15.8 Å². The Bertz CT molecular complexity index is 654. The highest BCUT2D eigenvalue weighted by atomic mass is 32.1. The molecule has 0 aliphatic carbocycles. The number of aromatic nitrogens is 2. The van der Waals surface area contributed by atoms with Crippen LogP contribution in [-0.4, -0.2) is 34.4 Å². The molecule has 3 N–H and O–H groups in total. The van der Waals surface area contributed by atoms with Crippen LogP contribution in [0.2, 0.25) is 0 Å². The zero-order valence-electron chi connectivity index (χ0n) is 11.6. The number of thiocarbonyl (C=S) groups is 1. The van der Waals surface area contributed by atoms with Crippen LogP contribution in [0.3, 0.4) is 0 Å². The summed E-state index contributed by atoms with van der Waals surface area (Å²) >= 11 is 4.90. The molecule has 1 amide bonds. The van der Waals surface area contributed by atoms with Gasteiger partial charge in [0.25, 0.3) is 5.91 Å². The molecule has 1 aromatic heterocycles. The van der Waals surface area contributed by atoms with Crippen molar-refractivity contribution in [3.8, 4) is 0 Å². The maximum atomic E-state index is 12.2. The third-order valence-corrected chi connectivity index (χ3v) is 3.06. The number of methoxy groups -OCH3 is 1. The second-order valence-electron chi connectivity index (χ2n) is 4.38. The van der Waals surface area contributed by atoms with E-state index in [1.807, 2.05) is 0 Å².